The lowest BCUT2D eigenvalue weighted by Crippen LogP contribution is -2.38. The van der Waals surface area contributed by atoms with E-state index in [9.17, 15) is 23.9 Å². The number of carbonyl (C=O) groups is 2. The number of ketones is 1. The van der Waals surface area contributed by atoms with Gasteiger partial charge in [0.25, 0.3) is 5.56 Å². The third kappa shape index (κ3) is 5.00. The van der Waals surface area contributed by atoms with Crippen molar-refractivity contribution in [2.75, 3.05) is 26.9 Å². The number of Topliss-reactive ketones (excluding diaryl/α,β-unsaturated/α-hetero) is 1. The number of rotatable bonds is 1. The normalized spacial score (nSPS) is 21.5. The Kier molecular flexibility index (Phi) is 7.73. The molecule has 1 amide bonds. The van der Waals surface area contributed by atoms with E-state index in [1.165, 1.54) is 15.5 Å². The van der Waals surface area contributed by atoms with Crippen LogP contribution in [0.5, 0.6) is 11.5 Å². The Morgan fingerprint density at radius 2 is 1.92 bits per heavy atom. The fourth-order valence-electron chi connectivity index (χ4n) is 4.70. The van der Waals surface area contributed by atoms with Crippen LogP contribution in [0.3, 0.4) is 0 Å². The molecule has 2 aromatic rings. The monoisotopic (exact) mass is 501 g/mol. The van der Waals surface area contributed by atoms with Gasteiger partial charge in [0.05, 0.1) is 25.9 Å². The van der Waals surface area contributed by atoms with E-state index in [4.69, 9.17) is 9.47 Å². The lowest BCUT2D eigenvalue weighted by Gasteiger charge is -2.28. The molecule has 10 heteroatoms. The molecule has 1 N–H and O–H groups in total. The number of carbonyl (C=O) groups excluding carboxylic acids is 2. The molecule has 0 saturated carbocycles. The summed E-state index contributed by atoms with van der Waals surface area (Å²) in [6, 6.07) is 1.86. The first-order valence-electron chi connectivity index (χ1n) is 12.4. The average Bonchev–Trinajstić information content (AvgIpc) is 3.04. The number of aromatic hydroxyl groups is 1. The number of nitrogens with zero attached hydrogens (tertiary/aromatic N) is 3. The van der Waals surface area contributed by atoms with E-state index in [0.29, 0.717) is 42.7 Å². The van der Waals surface area contributed by atoms with Gasteiger partial charge in [0.2, 0.25) is 11.7 Å². The molecule has 0 saturated heterocycles. The van der Waals surface area contributed by atoms with Crippen LogP contribution in [0.2, 0.25) is 0 Å². The number of hydrogen-bond donors (Lipinski definition) is 1. The summed E-state index contributed by atoms with van der Waals surface area (Å²) >= 11 is 0. The van der Waals surface area contributed by atoms with Crippen LogP contribution in [-0.2, 0) is 16.0 Å². The molecule has 2 aliphatic heterocycles. The predicted octanol–water partition coefficient (Wildman–Crippen LogP) is 3.26. The third-order valence-electron chi connectivity index (χ3n) is 6.97. The van der Waals surface area contributed by atoms with Crippen LogP contribution in [0.15, 0.2) is 16.9 Å². The van der Waals surface area contributed by atoms with Crippen LogP contribution in [0.1, 0.15) is 78.6 Å². The number of fused-ring (bicyclic) bond motifs is 2. The fraction of sp³-hybridized carbons (Fsp3) is 0.538. The molecule has 0 fully saturated rings. The molecular formula is C26H32FN3O6. The Hall–Kier alpha value is -3.27. The Balaban J connectivity index is 1.82. The number of aryl methyl sites for hydroxylation is 2. The van der Waals surface area contributed by atoms with Gasteiger partial charge in [0.1, 0.15) is 23.4 Å². The maximum absolute atomic E-state index is 14.2. The lowest BCUT2D eigenvalue weighted by atomic mass is 10.0. The fourth-order valence-corrected chi connectivity index (χ4v) is 4.70. The van der Waals surface area contributed by atoms with Crippen molar-refractivity contribution in [3.05, 3.63) is 50.9 Å². The van der Waals surface area contributed by atoms with Crippen molar-refractivity contribution in [3.8, 4) is 11.5 Å². The molecule has 0 spiro atoms. The van der Waals surface area contributed by atoms with Crippen LogP contribution in [0.4, 0.5) is 4.39 Å². The van der Waals surface area contributed by atoms with Gasteiger partial charge in [-0.15, -0.1) is 0 Å². The number of likely N-dealkylation sites (N-methyl/N-ethyl adjacent to an activating group) is 1. The molecular weight excluding hydrogens is 469 g/mol. The van der Waals surface area contributed by atoms with Gasteiger partial charge >= 0.3 is 0 Å². The molecule has 1 aromatic heterocycles. The van der Waals surface area contributed by atoms with E-state index in [2.05, 4.69) is 4.98 Å². The van der Waals surface area contributed by atoms with Crippen molar-refractivity contribution in [2.24, 2.45) is 0 Å². The van der Waals surface area contributed by atoms with Crippen molar-refractivity contribution in [3.63, 3.8) is 0 Å². The highest BCUT2D eigenvalue weighted by Crippen LogP contribution is 2.30. The zero-order chi connectivity index (χ0) is 26.0. The molecule has 3 heterocycles. The third-order valence-corrected chi connectivity index (χ3v) is 6.97. The maximum Gasteiger partial charge on any atom is 0.296 e. The predicted molar refractivity (Wildman–Crippen MR) is 129 cm³/mol. The molecule has 36 heavy (non-hydrogen) atoms. The van der Waals surface area contributed by atoms with Gasteiger partial charge < -0.3 is 19.5 Å². The molecule has 4 rings (SSSR count). The van der Waals surface area contributed by atoms with E-state index in [0.717, 1.165) is 0 Å². The van der Waals surface area contributed by atoms with Crippen molar-refractivity contribution in [1.29, 1.82) is 0 Å². The van der Waals surface area contributed by atoms with Crippen molar-refractivity contribution >= 4 is 11.7 Å². The van der Waals surface area contributed by atoms with Crippen LogP contribution in [0, 0.1) is 12.7 Å². The van der Waals surface area contributed by atoms with Crippen LogP contribution >= 0.6 is 0 Å². The Morgan fingerprint density at radius 3 is 2.67 bits per heavy atom. The minimum Gasteiger partial charge on any atom is -0.501 e. The first kappa shape index (κ1) is 25.8. The topological polar surface area (TPSA) is 111 Å². The standard InChI is InChI=1S/C26H32FN3O6/c1-4-17-13-35-14-19-25-28-23(24(33)26(34)30(17)25)20(31)9-8-16-11-15(2)18(27)12-21(16)36-10-6-5-7-22(32)29(19)3/h11-12,17,19,33H,4-10,13-14H2,1-3H3/t17-,19?/m0/s1. The first-order chi connectivity index (χ1) is 17.2. The van der Waals surface area contributed by atoms with Crippen LogP contribution in [0.25, 0.3) is 0 Å². The number of benzene rings is 1. The molecule has 194 valence electrons. The second-order valence-corrected chi connectivity index (χ2v) is 9.40. The van der Waals surface area contributed by atoms with Gasteiger partial charge in [-0.3, -0.25) is 19.0 Å². The summed E-state index contributed by atoms with van der Waals surface area (Å²) in [5.41, 5.74) is 0.00976. The number of ether oxygens (including phenoxy) is 2. The minimum absolute atomic E-state index is 0.0714. The smallest absolute Gasteiger partial charge is 0.296 e. The van der Waals surface area contributed by atoms with E-state index in [1.54, 1.807) is 20.0 Å². The first-order valence-corrected chi connectivity index (χ1v) is 12.4. The molecule has 2 bridgehead atoms. The summed E-state index contributed by atoms with van der Waals surface area (Å²) in [6.45, 7) is 4.15. The molecule has 0 radical (unpaired) electrons. The summed E-state index contributed by atoms with van der Waals surface area (Å²) in [4.78, 5) is 45.5. The number of amides is 1. The molecule has 2 aliphatic rings. The van der Waals surface area contributed by atoms with E-state index in [1.807, 2.05) is 6.92 Å². The number of hydrogen-bond acceptors (Lipinski definition) is 7. The van der Waals surface area contributed by atoms with Crippen LogP contribution in [-0.4, -0.2) is 58.1 Å². The molecule has 9 nitrogen and oxygen atoms in total. The number of halogens is 1. The Morgan fingerprint density at radius 1 is 1.14 bits per heavy atom. The van der Waals surface area contributed by atoms with Gasteiger partial charge in [-0.2, -0.15) is 0 Å². The molecule has 1 aromatic carbocycles. The van der Waals surface area contributed by atoms with Gasteiger partial charge in [-0.05, 0) is 49.8 Å². The highest BCUT2D eigenvalue weighted by atomic mass is 19.1. The Labute approximate surface area is 208 Å². The van der Waals surface area contributed by atoms with Gasteiger partial charge in [-0.1, -0.05) is 6.92 Å². The zero-order valence-electron chi connectivity index (χ0n) is 20.9. The summed E-state index contributed by atoms with van der Waals surface area (Å²) < 4.78 is 27.2. The van der Waals surface area contributed by atoms with Crippen molar-refractivity contribution < 1.29 is 28.6 Å². The van der Waals surface area contributed by atoms with Crippen molar-refractivity contribution in [1.82, 2.24) is 14.5 Å². The largest absolute Gasteiger partial charge is 0.501 e. The quantitative estimate of drug-likeness (QED) is 0.639. The number of aromatic nitrogens is 2. The summed E-state index contributed by atoms with van der Waals surface area (Å²) in [6.07, 6.45) is 2.06. The Bertz CT molecular complexity index is 1230. The van der Waals surface area contributed by atoms with Crippen molar-refractivity contribution in [2.45, 2.75) is 64.5 Å². The summed E-state index contributed by atoms with van der Waals surface area (Å²) in [7, 11) is 1.62. The molecule has 2 atom stereocenters. The summed E-state index contributed by atoms with van der Waals surface area (Å²) in [5.74, 6) is -1.26. The highest BCUT2D eigenvalue weighted by molar-refractivity contribution is 5.96. The maximum atomic E-state index is 14.2. The molecule has 1 unspecified atom stereocenters. The van der Waals surface area contributed by atoms with Gasteiger partial charge in [0.15, 0.2) is 11.5 Å². The average molecular weight is 502 g/mol. The lowest BCUT2D eigenvalue weighted by molar-refractivity contribution is -0.133. The highest BCUT2D eigenvalue weighted by Gasteiger charge is 2.34. The summed E-state index contributed by atoms with van der Waals surface area (Å²) in [5, 5.41) is 10.7. The van der Waals surface area contributed by atoms with E-state index in [-0.39, 0.29) is 49.9 Å². The molecule has 0 aliphatic carbocycles. The van der Waals surface area contributed by atoms with Gasteiger partial charge in [0, 0.05) is 26.0 Å². The zero-order valence-corrected chi connectivity index (χ0v) is 20.9. The van der Waals surface area contributed by atoms with Gasteiger partial charge in [-0.25, -0.2) is 9.37 Å². The second-order valence-electron chi connectivity index (χ2n) is 9.40. The minimum atomic E-state index is -0.727. The second kappa shape index (κ2) is 10.8. The van der Waals surface area contributed by atoms with E-state index >= 15 is 0 Å². The van der Waals surface area contributed by atoms with Crippen LogP contribution < -0.4 is 10.3 Å². The SMILES string of the molecule is CC[C@H]1COCC2c3nc(c(O)c(=O)n31)C(=O)CCc1cc(C)c(F)cc1OCCCCC(=O)N2C. The van der Waals surface area contributed by atoms with E-state index < -0.39 is 35.0 Å².